The summed E-state index contributed by atoms with van der Waals surface area (Å²) in [7, 11) is 0. The predicted octanol–water partition coefficient (Wildman–Crippen LogP) is 1.14. The first kappa shape index (κ1) is 9.75. The van der Waals surface area contributed by atoms with Crippen LogP contribution in [0.15, 0.2) is 30.3 Å². The van der Waals surface area contributed by atoms with Crippen LogP contribution in [0.1, 0.15) is 12.8 Å². The first-order chi connectivity index (χ1) is 6.84. The summed E-state index contributed by atoms with van der Waals surface area (Å²) < 4.78 is 6.54. The van der Waals surface area contributed by atoms with E-state index in [9.17, 15) is 4.79 Å². The summed E-state index contributed by atoms with van der Waals surface area (Å²) >= 11 is 0.441. The molecule has 1 aliphatic rings. The molecule has 74 valence electrons. The van der Waals surface area contributed by atoms with Crippen LogP contribution in [0.5, 0.6) is 0 Å². The number of carbonyl (C=O) groups excluding carboxylic acids is 1. The van der Waals surface area contributed by atoms with E-state index in [1.165, 1.54) is 4.46 Å². The summed E-state index contributed by atoms with van der Waals surface area (Å²) in [5, 5.41) is 1.02. The Balaban J connectivity index is 1.80. The standard InChI is InChI=1S/C11H12O2Se/c12-11-7-6-9(13-11)8-14-10-4-2-1-3-5-10/h1-5,9H,6-8H2/t9-/m0/s1. The van der Waals surface area contributed by atoms with Crippen molar-refractivity contribution >= 4 is 25.4 Å². The first-order valence-electron chi connectivity index (χ1n) is 4.72. The molecule has 0 amide bonds. The monoisotopic (exact) mass is 256 g/mol. The van der Waals surface area contributed by atoms with Crippen molar-refractivity contribution in [2.75, 3.05) is 0 Å². The van der Waals surface area contributed by atoms with Crippen LogP contribution in [-0.4, -0.2) is 27.0 Å². The van der Waals surface area contributed by atoms with Gasteiger partial charge in [-0.3, -0.25) is 0 Å². The summed E-state index contributed by atoms with van der Waals surface area (Å²) in [5.74, 6) is -0.0288. The maximum absolute atomic E-state index is 10.8. The third kappa shape index (κ3) is 2.60. The number of ether oxygens (including phenoxy) is 1. The first-order valence-corrected chi connectivity index (χ1v) is 6.79. The Morgan fingerprint density at radius 2 is 2.14 bits per heavy atom. The van der Waals surface area contributed by atoms with E-state index in [1.807, 2.05) is 6.07 Å². The van der Waals surface area contributed by atoms with Gasteiger partial charge in [0.25, 0.3) is 0 Å². The fraction of sp³-hybridized carbons (Fsp3) is 0.364. The molecule has 0 aromatic heterocycles. The Morgan fingerprint density at radius 3 is 2.79 bits per heavy atom. The van der Waals surface area contributed by atoms with Crippen molar-refractivity contribution in [2.24, 2.45) is 0 Å². The molecule has 1 heterocycles. The minimum absolute atomic E-state index is 0.0288. The van der Waals surface area contributed by atoms with Crippen LogP contribution in [0.4, 0.5) is 0 Å². The zero-order valence-corrected chi connectivity index (χ0v) is 9.52. The molecule has 2 rings (SSSR count). The van der Waals surface area contributed by atoms with Crippen LogP contribution < -0.4 is 4.46 Å². The Kier molecular flexibility index (Phi) is 3.22. The third-order valence-corrected chi connectivity index (χ3v) is 4.55. The van der Waals surface area contributed by atoms with Crippen LogP contribution in [-0.2, 0) is 9.53 Å². The normalized spacial score (nSPS) is 20.9. The van der Waals surface area contributed by atoms with E-state index in [0.717, 1.165) is 11.7 Å². The molecule has 1 saturated heterocycles. The number of hydrogen-bond donors (Lipinski definition) is 0. The molecule has 0 saturated carbocycles. The van der Waals surface area contributed by atoms with E-state index in [4.69, 9.17) is 4.74 Å². The number of hydrogen-bond acceptors (Lipinski definition) is 2. The molecule has 0 bridgehead atoms. The second kappa shape index (κ2) is 4.63. The van der Waals surface area contributed by atoms with Crippen LogP contribution >= 0.6 is 0 Å². The second-order valence-corrected chi connectivity index (χ2v) is 5.57. The molecule has 0 N–H and O–H groups in total. The van der Waals surface area contributed by atoms with Gasteiger partial charge in [0.1, 0.15) is 0 Å². The number of cyclic esters (lactones) is 1. The van der Waals surface area contributed by atoms with Gasteiger partial charge in [0.2, 0.25) is 0 Å². The minimum atomic E-state index is -0.0288. The molecule has 0 spiro atoms. The molecule has 0 aliphatic carbocycles. The van der Waals surface area contributed by atoms with Crippen molar-refractivity contribution in [1.82, 2.24) is 0 Å². The molecule has 2 nitrogen and oxygen atoms in total. The van der Waals surface area contributed by atoms with Gasteiger partial charge < -0.3 is 0 Å². The average molecular weight is 255 g/mol. The van der Waals surface area contributed by atoms with Gasteiger partial charge in [0, 0.05) is 0 Å². The summed E-state index contributed by atoms with van der Waals surface area (Å²) in [5.41, 5.74) is 0. The van der Waals surface area contributed by atoms with Gasteiger partial charge in [-0.05, 0) is 0 Å². The van der Waals surface area contributed by atoms with E-state index in [2.05, 4.69) is 24.3 Å². The van der Waals surface area contributed by atoms with E-state index in [0.29, 0.717) is 21.4 Å². The summed E-state index contributed by atoms with van der Waals surface area (Å²) in [4.78, 5) is 10.8. The molecule has 1 aromatic carbocycles. The fourth-order valence-electron chi connectivity index (χ4n) is 1.41. The van der Waals surface area contributed by atoms with Gasteiger partial charge >= 0.3 is 89.5 Å². The Labute approximate surface area is 89.8 Å². The van der Waals surface area contributed by atoms with Gasteiger partial charge in [-0.25, -0.2) is 0 Å². The van der Waals surface area contributed by atoms with Gasteiger partial charge in [-0.15, -0.1) is 0 Å². The molecular weight excluding hydrogens is 243 g/mol. The fourth-order valence-corrected chi connectivity index (χ4v) is 3.43. The van der Waals surface area contributed by atoms with Crippen LogP contribution in [0.3, 0.4) is 0 Å². The SMILES string of the molecule is O=C1CC[C@@H](C[Se]c2ccccc2)O1. The van der Waals surface area contributed by atoms with Crippen LogP contribution in [0.2, 0.25) is 5.32 Å². The summed E-state index contributed by atoms with van der Waals surface area (Å²) in [6, 6.07) is 10.4. The van der Waals surface area contributed by atoms with Crippen molar-refractivity contribution in [3.8, 4) is 0 Å². The van der Waals surface area contributed by atoms with E-state index >= 15 is 0 Å². The third-order valence-electron chi connectivity index (χ3n) is 2.15. The number of rotatable bonds is 3. The maximum atomic E-state index is 10.8. The number of esters is 1. The van der Waals surface area contributed by atoms with Crippen LogP contribution in [0, 0.1) is 0 Å². The molecule has 1 aromatic rings. The average Bonchev–Trinajstić information content (AvgIpc) is 2.63. The van der Waals surface area contributed by atoms with Crippen LogP contribution in [0.25, 0.3) is 0 Å². The van der Waals surface area contributed by atoms with E-state index in [1.54, 1.807) is 0 Å². The van der Waals surface area contributed by atoms with E-state index in [-0.39, 0.29) is 12.1 Å². The summed E-state index contributed by atoms with van der Waals surface area (Å²) in [6.45, 7) is 0. The van der Waals surface area contributed by atoms with Crippen molar-refractivity contribution in [2.45, 2.75) is 24.3 Å². The van der Waals surface area contributed by atoms with Gasteiger partial charge in [-0.2, -0.15) is 0 Å². The Hall–Kier alpha value is -0.791. The second-order valence-electron chi connectivity index (χ2n) is 3.27. The molecule has 1 aliphatic heterocycles. The zero-order valence-electron chi connectivity index (χ0n) is 7.81. The number of carbonyl (C=O) groups is 1. The topological polar surface area (TPSA) is 26.3 Å². The molecular formula is C11H12O2Se. The zero-order chi connectivity index (χ0) is 9.80. The molecule has 1 fully saturated rings. The Morgan fingerprint density at radius 1 is 1.36 bits per heavy atom. The van der Waals surface area contributed by atoms with Crippen molar-refractivity contribution in [3.63, 3.8) is 0 Å². The summed E-state index contributed by atoms with van der Waals surface area (Å²) in [6.07, 6.45) is 1.70. The molecule has 3 heteroatoms. The van der Waals surface area contributed by atoms with Crippen molar-refractivity contribution in [3.05, 3.63) is 30.3 Å². The molecule has 14 heavy (non-hydrogen) atoms. The van der Waals surface area contributed by atoms with E-state index < -0.39 is 0 Å². The molecule has 0 unspecified atom stereocenters. The van der Waals surface area contributed by atoms with Crippen molar-refractivity contribution < 1.29 is 9.53 Å². The van der Waals surface area contributed by atoms with Gasteiger partial charge in [0.15, 0.2) is 0 Å². The Bertz CT molecular complexity index is 310. The molecule has 1 atom stereocenters. The molecule has 0 radical (unpaired) electrons. The predicted molar refractivity (Wildman–Crippen MR) is 55.8 cm³/mol. The van der Waals surface area contributed by atoms with Gasteiger partial charge in [-0.1, -0.05) is 0 Å². The number of benzene rings is 1. The van der Waals surface area contributed by atoms with Crippen molar-refractivity contribution in [1.29, 1.82) is 0 Å². The quantitative estimate of drug-likeness (QED) is 0.598. The van der Waals surface area contributed by atoms with Gasteiger partial charge in [0.05, 0.1) is 0 Å².